The monoisotopic (exact) mass is 322 g/mol. The van der Waals surface area contributed by atoms with Gasteiger partial charge in [-0.15, -0.1) is 23.2 Å². The molecule has 0 bridgehead atoms. The van der Waals surface area contributed by atoms with E-state index in [2.05, 4.69) is 31.9 Å². The fourth-order valence-corrected chi connectivity index (χ4v) is 3.93. The van der Waals surface area contributed by atoms with E-state index in [1.807, 2.05) is 0 Å². The van der Waals surface area contributed by atoms with Crippen molar-refractivity contribution in [2.24, 2.45) is 5.41 Å². The van der Waals surface area contributed by atoms with Crippen LogP contribution in [0, 0.1) is 5.41 Å². The summed E-state index contributed by atoms with van der Waals surface area (Å²) in [5.41, 5.74) is 0.253. The standard InChI is InChI=1S/C7H10Br2Cl2/c8-7(9)4-6(7,5-11)2-1-3-10/h1-5H2. The molecule has 1 saturated carbocycles. The van der Waals surface area contributed by atoms with Crippen LogP contribution in [0.1, 0.15) is 19.3 Å². The van der Waals surface area contributed by atoms with Crippen LogP contribution in [-0.2, 0) is 0 Å². The molecule has 0 spiro atoms. The number of hydrogen-bond donors (Lipinski definition) is 0. The number of rotatable bonds is 4. The van der Waals surface area contributed by atoms with E-state index in [4.69, 9.17) is 23.2 Å². The first-order valence-corrected chi connectivity index (χ1v) is 6.23. The molecule has 4 heteroatoms. The van der Waals surface area contributed by atoms with Gasteiger partial charge in [-0.2, -0.15) is 0 Å². The Morgan fingerprint density at radius 3 is 2.09 bits per heavy atom. The summed E-state index contributed by atoms with van der Waals surface area (Å²) in [6.07, 6.45) is 3.27. The molecule has 0 aromatic carbocycles. The van der Waals surface area contributed by atoms with Gasteiger partial charge in [0.2, 0.25) is 0 Å². The molecule has 1 atom stereocenters. The highest BCUT2D eigenvalue weighted by Gasteiger charge is 2.63. The third-order valence-corrected chi connectivity index (χ3v) is 5.28. The predicted molar refractivity (Wildman–Crippen MR) is 58.3 cm³/mol. The van der Waals surface area contributed by atoms with Crippen molar-refractivity contribution in [3.63, 3.8) is 0 Å². The minimum atomic E-state index is 0.0980. The zero-order valence-corrected chi connectivity index (χ0v) is 10.7. The molecule has 0 radical (unpaired) electrons. The van der Waals surface area contributed by atoms with Crippen LogP contribution >= 0.6 is 55.1 Å². The van der Waals surface area contributed by atoms with Gasteiger partial charge >= 0.3 is 0 Å². The van der Waals surface area contributed by atoms with Gasteiger partial charge < -0.3 is 0 Å². The van der Waals surface area contributed by atoms with Gasteiger partial charge in [0.25, 0.3) is 0 Å². The van der Waals surface area contributed by atoms with Gasteiger partial charge in [-0.25, -0.2) is 0 Å². The van der Waals surface area contributed by atoms with E-state index in [-0.39, 0.29) is 8.65 Å². The Morgan fingerprint density at radius 2 is 1.82 bits per heavy atom. The lowest BCUT2D eigenvalue weighted by atomic mass is 10.0. The molecule has 11 heavy (non-hydrogen) atoms. The van der Waals surface area contributed by atoms with E-state index in [1.165, 1.54) is 0 Å². The number of hydrogen-bond acceptors (Lipinski definition) is 0. The number of halogens is 4. The minimum absolute atomic E-state index is 0.0980. The second-order valence-electron chi connectivity index (χ2n) is 3.09. The van der Waals surface area contributed by atoms with Crippen LogP contribution in [0.2, 0.25) is 0 Å². The predicted octanol–water partition coefficient (Wildman–Crippen LogP) is 4.12. The lowest BCUT2D eigenvalue weighted by molar-refractivity contribution is 0.517. The maximum atomic E-state index is 5.87. The lowest BCUT2D eigenvalue weighted by Crippen LogP contribution is -2.10. The van der Waals surface area contributed by atoms with Gasteiger partial charge in [-0.1, -0.05) is 31.9 Å². The Morgan fingerprint density at radius 1 is 1.27 bits per heavy atom. The van der Waals surface area contributed by atoms with Crippen molar-refractivity contribution >= 4 is 55.1 Å². The molecular formula is C7H10Br2Cl2. The first-order chi connectivity index (χ1) is 5.08. The van der Waals surface area contributed by atoms with Gasteiger partial charge in [0.05, 0.1) is 3.23 Å². The highest BCUT2D eigenvalue weighted by molar-refractivity contribution is 9.25. The SMILES string of the molecule is ClCCCC1(CCl)CC1(Br)Br. The first-order valence-electron chi connectivity index (χ1n) is 3.58. The maximum Gasteiger partial charge on any atom is 0.0880 e. The van der Waals surface area contributed by atoms with Crippen LogP contribution in [0.4, 0.5) is 0 Å². The zero-order chi connectivity index (χ0) is 8.54. The molecule has 1 rings (SSSR count). The molecule has 0 N–H and O–H groups in total. The van der Waals surface area contributed by atoms with Crippen molar-refractivity contribution in [2.45, 2.75) is 22.5 Å². The summed E-state index contributed by atoms with van der Waals surface area (Å²) < 4.78 is 0.0980. The summed E-state index contributed by atoms with van der Waals surface area (Å²) >= 11 is 18.7. The molecule has 66 valence electrons. The summed E-state index contributed by atoms with van der Waals surface area (Å²) in [5.74, 6) is 1.44. The van der Waals surface area contributed by atoms with E-state index in [0.29, 0.717) is 5.88 Å². The smallest absolute Gasteiger partial charge is 0.0880 e. The van der Waals surface area contributed by atoms with Crippen LogP contribution in [0.25, 0.3) is 0 Å². The van der Waals surface area contributed by atoms with Gasteiger partial charge in [0.1, 0.15) is 0 Å². The van der Waals surface area contributed by atoms with E-state index in [0.717, 1.165) is 25.1 Å². The normalized spacial score (nSPS) is 33.8. The Hall–Kier alpha value is 1.54. The van der Waals surface area contributed by atoms with Crippen molar-refractivity contribution < 1.29 is 0 Å². The topological polar surface area (TPSA) is 0 Å². The highest BCUT2D eigenvalue weighted by atomic mass is 79.9. The van der Waals surface area contributed by atoms with E-state index < -0.39 is 0 Å². The first kappa shape index (κ1) is 10.6. The molecular weight excluding hydrogens is 315 g/mol. The third-order valence-electron chi connectivity index (χ3n) is 2.26. The van der Waals surface area contributed by atoms with Crippen LogP contribution in [0.15, 0.2) is 0 Å². The van der Waals surface area contributed by atoms with E-state index in [1.54, 1.807) is 0 Å². The molecule has 0 aromatic heterocycles. The van der Waals surface area contributed by atoms with Crippen LogP contribution in [-0.4, -0.2) is 15.0 Å². The summed E-state index contributed by atoms with van der Waals surface area (Å²) in [7, 11) is 0. The van der Waals surface area contributed by atoms with E-state index >= 15 is 0 Å². The molecule has 0 heterocycles. The average Bonchev–Trinajstić information content (AvgIpc) is 2.50. The number of alkyl halides is 4. The summed E-state index contributed by atoms with van der Waals surface area (Å²) in [6.45, 7) is 0. The second-order valence-corrected chi connectivity index (χ2v) is 7.50. The zero-order valence-electron chi connectivity index (χ0n) is 6.05. The van der Waals surface area contributed by atoms with Crippen LogP contribution in [0.5, 0.6) is 0 Å². The van der Waals surface area contributed by atoms with Gasteiger partial charge in [0, 0.05) is 17.2 Å². The third kappa shape index (κ3) is 2.07. The summed E-state index contributed by atoms with van der Waals surface area (Å²) in [4.78, 5) is 0. The van der Waals surface area contributed by atoms with Crippen LogP contribution < -0.4 is 0 Å². The van der Waals surface area contributed by atoms with Crippen LogP contribution in [0.3, 0.4) is 0 Å². The Bertz CT molecular complexity index is 149. The molecule has 1 unspecified atom stereocenters. The maximum absolute atomic E-state index is 5.87. The summed E-state index contributed by atoms with van der Waals surface area (Å²) in [6, 6.07) is 0. The molecule has 0 aromatic rings. The van der Waals surface area contributed by atoms with Crippen molar-refractivity contribution in [3.8, 4) is 0 Å². The fraction of sp³-hybridized carbons (Fsp3) is 1.00. The largest absolute Gasteiger partial charge is 0.127 e. The molecule has 0 nitrogen and oxygen atoms in total. The van der Waals surface area contributed by atoms with Crippen molar-refractivity contribution in [2.75, 3.05) is 11.8 Å². The second kappa shape index (κ2) is 3.73. The van der Waals surface area contributed by atoms with E-state index in [9.17, 15) is 0 Å². The molecule has 0 aliphatic heterocycles. The van der Waals surface area contributed by atoms with Crippen molar-refractivity contribution in [3.05, 3.63) is 0 Å². The molecule has 1 fully saturated rings. The average molecular weight is 325 g/mol. The Labute approximate surface area is 94.3 Å². The van der Waals surface area contributed by atoms with Gasteiger partial charge in [-0.05, 0) is 19.3 Å². The molecule has 0 amide bonds. The van der Waals surface area contributed by atoms with Gasteiger partial charge in [0.15, 0.2) is 0 Å². The minimum Gasteiger partial charge on any atom is -0.127 e. The molecule has 1 aliphatic carbocycles. The quantitative estimate of drug-likeness (QED) is 0.682. The highest BCUT2D eigenvalue weighted by Crippen LogP contribution is 2.69. The molecule has 1 aliphatic rings. The Balaban J connectivity index is 2.40. The van der Waals surface area contributed by atoms with Crippen molar-refractivity contribution in [1.29, 1.82) is 0 Å². The fourth-order valence-electron chi connectivity index (χ4n) is 1.27. The molecule has 0 saturated heterocycles. The van der Waals surface area contributed by atoms with Crippen molar-refractivity contribution in [1.82, 2.24) is 0 Å². The summed E-state index contributed by atoms with van der Waals surface area (Å²) in [5, 5.41) is 0. The lowest BCUT2D eigenvalue weighted by Gasteiger charge is -2.13. The van der Waals surface area contributed by atoms with Gasteiger partial charge in [-0.3, -0.25) is 0 Å². The Kier molecular flexibility index (Phi) is 3.60.